The minimum Gasteiger partial charge on any atom is -0.374 e. The van der Waals surface area contributed by atoms with Crippen molar-refractivity contribution >= 4 is 11.3 Å². The van der Waals surface area contributed by atoms with E-state index in [4.69, 9.17) is 4.74 Å². The normalized spacial score (nSPS) is 13.9. The number of hydrogen-bond donors (Lipinski definition) is 1. The molecule has 17 heavy (non-hydrogen) atoms. The van der Waals surface area contributed by atoms with Crippen LogP contribution in [0.5, 0.6) is 0 Å². The van der Waals surface area contributed by atoms with Crippen LogP contribution in [0, 0.1) is 6.92 Å². The van der Waals surface area contributed by atoms with Crippen molar-refractivity contribution in [2.45, 2.75) is 52.7 Å². The highest BCUT2D eigenvalue weighted by atomic mass is 32.1. The van der Waals surface area contributed by atoms with Gasteiger partial charge >= 0.3 is 0 Å². The smallest absolute Gasteiger partial charge is 0.0676 e. The summed E-state index contributed by atoms with van der Waals surface area (Å²) in [6.07, 6.45) is 1.15. The standard InChI is InChI=1S/C14H25NOS/c1-6-8-15-12(10-16-14(3,4)5)13-11(2)7-9-17-13/h7,9,12,15H,6,8,10H2,1-5H3. The fourth-order valence-corrected chi connectivity index (χ4v) is 2.61. The van der Waals surface area contributed by atoms with Gasteiger partial charge in [-0.3, -0.25) is 0 Å². The molecule has 0 spiro atoms. The van der Waals surface area contributed by atoms with Crippen LogP contribution in [-0.2, 0) is 4.74 Å². The molecule has 1 aromatic rings. The SMILES string of the molecule is CCCNC(COC(C)(C)C)c1sccc1C. The number of rotatable bonds is 6. The molecule has 0 aliphatic carbocycles. The first-order chi connectivity index (χ1) is 7.94. The maximum Gasteiger partial charge on any atom is 0.0676 e. The number of nitrogens with one attached hydrogen (secondary N) is 1. The maximum atomic E-state index is 5.91. The number of ether oxygens (including phenoxy) is 1. The zero-order valence-corrected chi connectivity index (χ0v) is 12.5. The van der Waals surface area contributed by atoms with E-state index < -0.39 is 0 Å². The first-order valence-corrected chi connectivity index (χ1v) is 7.23. The molecule has 1 atom stereocenters. The molecule has 1 aromatic heterocycles. The lowest BCUT2D eigenvalue weighted by Crippen LogP contribution is -2.30. The van der Waals surface area contributed by atoms with E-state index in [2.05, 4.69) is 51.4 Å². The molecule has 2 nitrogen and oxygen atoms in total. The summed E-state index contributed by atoms with van der Waals surface area (Å²) in [6.45, 7) is 12.4. The van der Waals surface area contributed by atoms with Gasteiger partial charge < -0.3 is 10.1 Å². The minimum atomic E-state index is -0.0721. The van der Waals surface area contributed by atoms with Gasteiger partial charge in [0.25, 0.3) is 0 Å². The van der Waals surface area contributed by atoms with E-state index in [0.29, 0.717) is 6.04 Å². The zero-order chi connectivity index (χ0) is 12.9. The Balaban J connectivity index is 2.64. The first kappa shape index (κ1) is 14.7. The van der Waals surface area contributed by atoms with Gasteiger partial charge in [0.05, 0.1) is 18.2 Å². The maximum absolute atomic E-state index is 5.91. The van der Waals surface area contributed by atoms with Crippen molar-refractivity contribution in [1.82, 2.24) is 5.32 Å². The Morgan fingerprint density at radius 1 is 1.41 bits per heavy atom. The van der Waals surface area contributed by atoms with Crippen molar-refractivity contribution in [2.75, 3.05) is 13.2 Å². The van der Waals surface area contributed by atoms with Gasteiger partial charge in [-0.2, -0.15) is 0 Å². The van der Waals surface area contributed by atoms with E-state index in [0.717, 1.165) is 19.6 Å². The molecule has 0 fully saturated rings. The highest BCUT2D eigenvalue weighted by molar-refractivity contribution is 7.10. The van der Waals surface area contributed by atoms with Crippen LogP contribution in [0.3, 0.4) is 0 Å². The largest absolute Gasteiger partial charge is 0.374 e. The Kier molecular flexibility index (Phi) is 5.63. The topological polar surface area (TPSA) is 21.3 Å². The molecular formula is C14H25NOS. The van der Waals surface area contributed by atoms with Gasteiger partial charge in [0.2, 0.25) is 0 Å². The average molecular weight is 255 g/mol. The van der Waals surface area contributed by atoms with Gasteiger partial charge in [0.15, 0.2) is 0 Å². The molecule has 0 aromatic carbocycles. The van der Waals surface area contributed by atoms with Crippen LogP contribution in [-0.4, -0.2) is 18.8 Å². The van der Waals surface area contributed by atoms with Gasteiger partial charge in [-0.05, 0) is 57.7 Å². The van der Waals surface area contributed by atoms with Crippen molar-refractivity contribution in [3.63, 3.8) is 0 Å². The van der Waals surface area contributed by atoms with E-state index in [1.54, 1.807) is 0 Å². The van der Waals surface area contributed by atoms with Gasteiger partial charge in [-0.15, -0.1) is 11.3 Å². The molecule has 3 heteroatoms. The third kappa shape index (κ3) is 5.19. The highest BCUT2D eigenvalue weighted by Crippen LogP contribution is 2.25. The van der Waals surface area contributed by atoms with Crippen LogP contribution in [0.25, 0.3) is 0 Å². The van der Waals surface area contributed by atoms with Crippen LogP contribution in [0.1, 0.15) is 50.6 Å². The van der Waals surface area contributed by atoms with E-state index >= 15 is 0 Å². The lowest BCUT2D eigenvalue weighted by atomic mass is 10.1. The molecule has 0 saturated carbocycles. The Morgan fingerprint density at radius 3 is 2.59 bits per heavy atom. The first-order valence-electron chi connectivity index (χ1n) is 6.35. The fourth-order valence-electron chi connectivity index (χ4n) is 1.62. The van der Waals surface area contributed by atoms with Crippen LogP contribution in [0.2, 0.25) is 0 Å². The molecule has 0 saturated heterocycles. The third-order valence-electron chi connectivity index (χ3n) is 2.54. The second-order valence-corrected chi connectivity index (χ2v) is 6.35. The average Bonchev–Trinajstić information content (AvgIpc) is 2.63. The molecule has 0 radical (unpaired) electrons. The van der Waals surface area contributed by atoms with E-state index in [-0.39, 0.29) is 5.60 Å². The summed E-state index contributed by atoms with van der Waals surface area (Å²) in [5, 5.41) is 5.73. The van der Waals surface area contributed by atoms with Gasteiger partial charge in [-0.25, -0.2) is 0 Å². The van der Waals surface area contributed by atoms with Crippen molar-refractivity contribution < 1.29 is 4.74 Å². The van der Waals surface area contributed by atoms with E-state index in [1.165, 1.54) is 10.4 Å². The van der Waals surface area contributed by atoms with Crippen LogP contribution < -0.4 is 5.32 Å². The second-order valence-electron chi connectivity index (χ2n) is 5.40. The Hall–Kier alpha value is -0.380. The van der Waals surface area contributed by atoms with Crippen molar-refractivity contribution in [2.24, 2.45) is 0 Å². The number of thiophene rings is 1. The van der Waals surface area contributed by atoms with Crippen molar-refractivity contribution in [1.29, 1.82) is 0 Å². The monoisotopic (exact) mass is 255 g/mol. The summed E-state index contributed by atoms with van der Waals surface area (Å²) in [5.74, 6) is 0. The predicted octanol–water partition coefficient (Wildman–Crippen LogP) is 3.91. The molecule has 0 amide bonds. The van der Waals surface area contributed by atoms with E-state index in [9.17, 15) is 0 Å². The molecule has 1 rings (SSSR count). The molecule has 98 valence electrons. The minimum absolute atomic E-state index is 0.0721. The summed E-state index contributed by atoms with van der Waals surface area (Å²) in [7, 11) is 0. The van der Waals surface area contributed by atoms with Gasteiger partial charge in [0, 0.05) is 4.88 Å². The quantitative estimate of drug-likeness (QED) is 0.832. The highest BCUT2D eigenvalue weighted by Gasteiger charge is 2.18. The van der Waals surface area contributed by atoms with E-state index in [1.807, 2.05) is 11.3 Å². The molecule has 1 N–H and O–H groups in total. The zero-order valence-electron chi connectivity index (χ0n) is 11.7. The Labute approximate surface area is 109 Å². The van der Waals surface area contributed by atoms with Crippen LogP contribution >= 0.6 is 11.3 Å². The summed E-state index contributed by atoms with van der Waals surface area (Å²) in [5.41, 5.74) is 1.29. The number of aryl methyl sites for hydroxylation is 1. The Bertz CT molecular complexity index is 327. The Morgan fingerprint density at radius 2 is 2.12 bits per heavy atom. The number of hydrogen-bond acceptors (Lipinski definition) is 3. The molecule has 1 unspecified atom stereocenters. The summed E-state index contributed by atoms with van der Waals surface area (Å²) in [4.78, 5) is 1.41. The predicted molar refractivity (Wildman–Crippen MR) is 75.8 cm³/mol. The van der Waals surface area contributed by atoms with Gasteiger partial charge in [-0.1, -0.05) is 6.92 Å². The van der Waals surface area contributed by atoms with Crippen molar-refractivity contribution in [3.8, 4) is 0 Å². The fraction of sp³-hybridized carbons (Fsp3) is 0.714. The lowest BCUT2D eigenvalue weighted by molar-refractivity contribution is -0.0144. The molecule has 1 heterocycles. The molecule has 0 bridgehead atoms. The van der Waals surface area contributed by atoms with Gasteiger partial charge in [0.1, 0.15) is 0 Å². The summed E-state index contributed by atoms with van der Waals surface area (Å²) >= 11 is 1.82. The molecule has 0 aliphatic rings. The van der Waals surface area contributed by atoms with Crippen LogP contribution in [0.15, 0.2) is 11.4 Å². The summed E-state index contributed by atoms with van der Waals surface area (Å²) < 4.78 is 5.91. The van der Waals surface area contributed by atoms with Crippen LogP contribution in [0.4, 0.5) is 0 Å². The third-order valence-corrected chi connectivity index (χ3v) is 3.67. The second kappa shape index (κ2) is 6.53. The summed E-state index contributed by atoms with van der Waals surface area (Å²) in [6, 6.07) is 2.51. The van der Waals surface area contributed by atoms with Crippen molar-refractivity contribution in [3.05, 3.63) is 21.9 Å². The molecule has 0 aliphatic heterocycles. The lowest BCUT2D eigenvalue weighted by Gasteiger charge is -2.25. The molecular weight excluding hydrogens is 230 g/mol.